The predicted octanol–water partition coefficient (Wildman–Crippen LogP) is 1.17. The van der Waals surface area contributed by atoms with Crippen LogP contribution in [-0.4, -0.2) is 48.2 Å². The molecule has 0 aromatic rings. The number of nitrogens with one attached hydrogen (secondary N) is 1. The third kappa shape index (κ3) is 4.10. The fraction of sp³-hybridized carbons (Fsp3) is 0.917. The first-order valence-electron chi connectivity index (χ1n) is 6.15. The van der Waals surface area contributed by atoms with Crippen LogP contribution in [0.15, 0.2) is 0 Å². The molecule has 0 saturated heterocycles. The lowest BCUT2D eigenvalue weighted by Crippen LogP contribution is -2.51. The standard InChI is InChI=1S/C12H24N2O2/c1-4-13-12(2,11(15)16)7-8-14(3)9-10-5-6-10/h10,13H,4-9H2,1-3H3,(H,15,16). The molecule has 0 aliphatic heterocycles. The maximum atomic E-state index is 11.2. The smallest absolute Gasteiger partial charge is 0.323 e. The molecule has 0 aromatic carbocycles. The first kappa shape index (κ1) is 13.5. The van der Waals surface area contributed by atoms with Crippen LogP contribution in [0.4, 0.5) is 0 Å². The van der Waals surface area contributed by atoms with E-state index in [1.54, 1.807) is 6.92 Å². The van der Waals surface area contributed by atoms with Crippen molar-refractivity contribution in [1.82, 2.24) is 10.2 Å². The number of carbonyl (C=O) groups is 1. The number of hydrogen-bond acceptors (Lipinski definition) is 3. The zero-order valence-corrected chi connectivity index (χ0v) is 10.6. The minimum Gasteiger partial charge on any atom is -0.480 e. The number of rotatable bonds is 8. The van der Waals surface area contributed by atoms with E-state index in [0.29, 0.717) is 13.0 Å². The van der Waals surface area contributed by atoms with Crippen LogP contribution in [0.5, 0.6) is 0 Å². The summed E-state index contributed by atoms with van der Waals surface area (Å²) in [4.78, 5) is 13.4. The molecule has 0 heterocycles. The summed E-state index contributed by atoms with van der Waals surface area (Å²) in [5.74, 6) is 0.106. The second-order valence-corrected chi connectivity index (χ2v) is 5.12. The molecule has 16 heavy (non-hydrogen) atoms. The molecule has 4 nitrogen and oxygen atoms in total. The second-order valence-electron chi connectivity index (χ2n) is 5.12. The van der Waals surface area contributed by atoms with Crippen molar-refractivity contribution in [2.45, 2.75) is 38.6 Å². The van der Waals surface area contributed by atoms with Gasteiger partial charge in [0.15, 0.2) is 0 Å². The van der Waals surface area contributed by atoms with E-state index >= 15 is 0 Å². The molecule has 0 spiro atoms. The summed E-state index contributed by atoms with van der Waals surface area (Å²) in [6.07, 6.45) is 3.33. The van der Waals surface area contributed by atoms with Crippen molar-refractivity contribution < 1.29 is 9.90 Å². The van der Waals surface area contributed by atoms with Gasteiger partial charge in [0.1, 0.15) is 5.54 Å². The molecule has 0 aromatic heterocycles. The molecule has 1 atom stereocenters. The molecule has 4 heteroatoms. The van der Waals surface area contributed by atoms with Crippen LogP contribution in [-0.2, 0) is 4.79 Å². The SMILES string of the molecule is CCNC(C)(CCN(C)CC1CC1)C(=O)O. The second kappa shape index (κ2) is 5.64. The molecule has 0 amide bonds. The number of nitrogens with zero attached hydrogens (tertiary/aromatic N) is 1. The molecule has 1 unspecified atom stereocenters. The van der Waals surface area contributed by atoms with Gasteiger partial charge >= 0.3 is 5.97 Å². The maximum absolute atomic E-state index is 11.2. The topological polar surface area (TPSA) is 52.6 Å². The molecular formula is C12H24N2O2. The van der Waals surface area contributed by atoms with Crippen LogP contribution >= 0.6 is 0 Å². The molecule has 0 radical (unpaired) electrons. The van der Waals surface area contributed by atoms with Gasteiger partial charge in [-0.1, -0.05) is 6.92 Å². The van der Waals surface area contributed by atoms with E-state index < -0.39 is 11.5 Å². The van der Waals surface area contributed by atoms with Crippen molar-refractivity contribution in [1.29, 1.82) is 0 Å². The van der Waals surface area contributed by atoms with Gasteiger partial charge in [0.25, 0.3) is 0 Å². The monoisotopic (exact) mass is 228 g/mol. The van der Waals surface area contributed by atoms with Gasteiger partial charge in [-0.15, -0.1) is 0 Å². The molecule has 1 rings (SSSR count). The Hall–Kier alpha value is -0.610. The van der Waals surface area contributed by atoms with Gasteiger partial charge in [-0.25, -0.2) is 0 Å². The van der Waals surface area contributed by atoms with Gasteiger partial charge in [0.05, 0.1) is 0 Å². The Balaban J connectivity index is 2.32. The number of carboxylic acids is 1. The zero-order valence-electron chi connectivity index (χ0n) is 10.6. The van der Waals surface area contributed by atoms with Gasteiger partial charge < -0.3 is 15.3 Å². The van der Waals surface area contributed by atoms with Crippen molar-refractivity contribution in [2.75, 3.05) is 26.7 Å². The van der Waals surface area contributed by atoms with Gasteiger partial charge in [-0.2, -0.15) is 0 Å². The highest BCUT2D eigenvalue weighted by molar-refractivity contribution is 5.78. The predicted molar refractivity (Wildman–Crippen MR) is 64.6 cm³/mol. The van der Waals surface area contributed by atoms with Crippen LogP contribution < -0.4 is 5.32 Å². The van der Waals surface area contributed by atoms with E-state index in [0.717, 1.165) is 19.0 Å². The molecule has 94 valence electrons. The Labute approximate surface area is 98.0 Å². The van der Waals surface area contributed by atoms with E-state index in [4.69, 9.17) is 0 Å². The fourth-order valence-corrected chi connectivity index (χ4v) is 1.91. The largest absolute Gasteiger partial charge is 0.480 e. The average Bonchev–Trinajstić information content (AvgIpc) is 2.99. The van der Waals surface area contributed by atoms with Crippen LogP contribution in [0.3, 0.4) is 0 Å². The van der Waals surface area contributed by atoms with E-state index in [1.807, 2.05) is 6.92 Å². The van der Waals surface area contributed by atoms with E-state index in [-0.39, 0.29) is 0 Å². The maximum Gasteiger partial charge on any atom is 0.323 e. The van der Waals surface area contributed by atoms with Crippen molar-refractivity contribution in [3.8, 4) is 0 Å². The van der Waals surface area contributed by atoms with Gasteiger partial charge in [-0.05, 0) is 45.7 Å². The van der Waals surface area contributed by atoms with Crippen molar-refractivity contribution in [3.63, 3.8) is 0 Å². The van der Waals surface area contributed by atoms with Crippen molar-refractivity contribution in [2.24, 2.45) is 5.92 Å². The highest BCUT2D eigenvalue weighted by Gasteiger charge is 2.32. The number of likely N-dealkylation sites (N-methyl/N-ethyl adjacent to an activating group) is 1. The summed E-state index contributed by atoms with van der Waals surface area (Å²) >= 11 is 0. The minimum atomic E-state index is -0.785. The van der Waals surface area contributed by atoms with Gasteiger partial charge in [-0.3, -0.25) is 4.79 Å². The summed E-state index contributed by atoms with van der Waals surface area (Å²) in [6, 6.07) is 0. The van der Waals surface area contributed by atoms with Crippen molar-refractivity contribution >= 4 is 5.97 Å². The number of aliphatic carboxylic acids is 1. The third-order valence-corrected chi connectivity index (χ3v) is 3.30. The Kier molecular flexibility index (Phi) is 4.74. The highest BCUT2D eigenvalue weighted by Crippen LogP contribution is 2.29. The van der Waals surface area contributed by atoms with Crippen LogP contribution in [0.1, 0.15) is 33.1 Å². The van der Waals surface area contributed by atoms with E-state index in [1.165, 1.54) is 12.8 Å². The lowest BCUT2D eigenvalue weighted by Gasteiger charge is -2.28. The molecule has 0 bridgehead atoms. The van der Waals surface area contributed by atoms with Crippen LogP contribution in [0.2, 0.25) is 0 Å². The Morgan fingerprint density at radius 2 is 2.19 bits per heavy atom. The molecule has 1 saturated carbocycles. The zero-order chi connectivity index (χ0) is 12.2. The first-order chi connectivity index (χ1) is 7.48. The van der Waals surface area contributed by atoms with Gasteiger partial charge in [0.2, 0.25) is 0 Å². The van der Waals surface area contributed by atoms with Gasteiger partial charge in [0, 0.05) is 13.1 Å². The summed E-state index contributed by atoms with van der Waals surface area (Å²) in [6.45, 7) is 6.35. The number of carboxylic acid groups (broad SMARTS) is 1. The molecule has 1 aliphatic rings. The average molecular weight is 228 g/mol. The summed E-state index contributed by atoms with van der Waals surface area (Å²) in [5, 5.41) is 12.2. The fourth-order valence-electron chi connectivity index (χ4n) is 1.91. The quantitative estimate of drug-likeness (QED) is 0.655. The highest BCUT2D eigenvalue weighted by atomic mass is 16.4. The Morgan fingerprint density at radius 1 is 1.56 bits per heavy atom. The molecule has 1 fully saturated rings. The number of hydrogen-bond donors (Lipinski definition) is 2. The lowest BCUT2D eigenvalue weighted by atomic mass is 9.97. The molecule has 1 aliphatic carbocycles. The minimum absolute atomic E-state index is 0.652. The molecule has 2 N–H and O–H groups in total. The Morgan fingerprint density at radius 3 is 2.62 bits per heavy atom. The third-order valence-electron chi connectivity index (χ3n) is 3.30. The normalized spacial score (nSPS) is 19.8. The summed E-state index contributed by atoms with van der Waals surface area (Å²) < 4.78 is 0. The van der Waals surface area contributed by atoms with Crippen molar-refractivity contribution in [3.05, 3.63) is 0 Å². The summed E-state index contributed by atoms with van der Waals surface area (Å²) in [5.41, 5.74) is -0.785. The molecular weight excluding hydrogens is 204 g/mol. The van der Waals surface area contributed by atoms with E-state index in [9.17, 15) is 9.90 Å². The van der Waals surface area contributed by atoms with E-state index in [2.05, 4.69) is 17.3 Å². The van der Waals surface area contributed by atoms with Crippen LogP contribution in [0, 0.1) is 5.92 Å². The summed E-state index contributed by atoms with van der Waals surface area (Å²) in [7, 11) is 2.08. The first-order valence-corrected chi connectivity index (χ1v) is 6.15. The van der Waals surface area contributed by atoms with Crippen LogP contribution in [0.25, 0.3) is 0 Å². The Bertz CT molecular complexity index is 241. The lowest BCUT2D eigenvalue weighted by molar-refractivity contribution is -0.144.